The molecule has 1 saturated heterocycles. The third-order valence-corrected chi connectivity index (χ3v) is 16.1. The Hall–Kier alpha value is -4.86. The van der Waals surface area contributed by atoms with Crippen molar-refractivity contribution in [2.45, 2.75) is 243 Å². The quantitative estimate of drug-likeness (QED) is 0.0189. The molecule has 0 unspecified atom stereocenters. The van der Waals surface area contributed by atoms with Crippen molar-refractivity contribution in [1.82, 2.24) is 5.32 Å². The standard InChI is InChI=1S/C61H103N3O21/c1-35(17-13-11-9-10-12-16-24-64-60(62)63-8)25-39(5)57-38(4)18-14-15-19-42(65)26-43(66)27-44(67)28-45(82-55(77)32-53(73)74)29-46-30-52(83-56(78)33-54(75)76)58(79)61(81,85-46)34-51(72)37(3)21-22-47(68)40(6)50(71)31-49(70)36(2)20-23-48(69)41(7)59(80)84-57/h9-10,14-15,18-20,23,35-52,57-58,65-72,79,81H,11-13,16-17,21-22,24-34H2,1-8H3,(H,73,74)(H,75,76)(H3,62,63,64)/b10-9+,18-14-,19-15-,23-20-/t35-,36+,37-,38+,39+,40-,41-,42+,43-,44+,45+,46-,47+,48-,49-,50-,51+,52+,57+,58-,61-/m0/s1. The van der Waals surface area contributed by atoms with E-state index < -0.39 is 184 Å². The molecule has 21 atom stereocenters. The van der Waals surface area contributed by atoms with E-state index in [4.69, 9.17) is 24.7 Å². The van der Waals surface area contributed by atoms with Gasteiger partial charge in [-0.05, 0) is 76.0 Å². The molecule has 0 aromatic carbocycles. The first-order valence-electron chi connectivity index (χ1n) is 30.1. The average Bonchev–Trinajstić information content (AvgIpc) is 3.59. The number of nitrogens with two attached hydrogens (primary N) is 1. The normalized spacial score (nSPS) is 36.3. The number of aliphatic hydroxyl groups excluding tert-OH is 9. The molecular formula is C61H103N3O21. The van der Waals surface area contributed by atoms with Crippen molar-refractivity contribution < 1.29 is 104 Å². The minimum absolute atomic E-state index is 0.00374. The number of rotatable bonds is 17. The van der Waals surface area contributed by atoms with Gasteiger partial charge in [-0.3, -0.25) is 29.0 Å². The molecule has 2 heterocycles. The molecule has 24 heteroatoms. The number of hydrogen-bond acceptors (Lipinski definition) is 20. The van der Waals surface area contributed by atoms with Crippen LogP contribution in [0.1, 0.15) is 158 Å². The number of carboxylic acid groups (broad SMARTS) is 2. The van der Waals surface area contributed by atoms with Gasteiger partial charge in [-0.25, -0.2) is 0 Å². The van der Waals surface area contributed by atoms with Gasteiger partial charge in [-0.1, -0.05) is 96.6 Å². The van der Waals surface area contributed by atoms with E-state index in [0.717, 1.165) is 38.6 Å². The molecule has 0 radical (unpaired) electrons. The summed E-state index contributed by atoms with van der Waals surface area (Å²) >= 11 is 0. The monoisotopic (exact) mass is 1210 g/mol. The lowest BCUT2D eigenvalue weighted by Gasteiger charge is -2.46. The molecule has 0 amide bonds. The summed E-state index contributed by atoms with van der Waals surface area (Å²) in [6.45, 7) is 13.1. The Balaban J connectivity index is 2.49. The summed E-state index contributed by atoms with van der Waals surface area (Å²) in [5, 5.41) is 134. The summed E-state index contributed by atoms with van der Waals surface area (Å²) < 4.78 is 22.9. The molecule has 2 rings (SSSR count). The number of hydrogen-bond donors (Lipinski definition) is 14. The highest BCUT2D eigenvalue weighted by Gasteiger charge is 2.52. The molecule has 2 aliphatic rings. The van der Waals surface area contributed by atoms with Crippen molar-refractivity contribution in [2.24, 2.45) is 52.2 Å². The molecular weight excluding hydrogens is 1110 g/mol. The van der Waals surface area contributed by atoms with E-state index in [9.17, 15) is 85.3 Å². The number of nitrogens with zero attached hydrogens (tertiary/aromatic N) is 1. The fourth-order valence-corrected chi connectivity index (χ4v) is 10.6. The molecule has 0 aliphatic carbocycles. The number of aliphatic imine (C=N–C) groups is 1. The number of carbonyl (C=O) groups is 5. The maximum atomic E-state index is 13.8. The number of aliphatic carboxylic acids is 2. The van der Waals surface area contributed by atoms with Gasteiger partial charge in [-0.2, -0.15) is 0 Å². The first-order chi connectivity index (χ1) is 39.8. The molecule has 85 heavy (non-hydrogen) atoms. The van der Waals surface area contributed by atoms with Crippen LogP contribution in [0.2, 0.25) is 0 Å². The zero-order valence-corrected chi connectivity index (χ0v) is 51.0. The van der Waals surface area contributed by atoms with Crippen LogP contribution < -0.4 is 11.1 Å². The molecule has 0 aromatic rings. The maximum absolute atomic E-state index is 13.8. The van der Waals surface area contributed by atoms with Crippen molar-refractivity contribution in [1.29, 1.82) is 0 Å². The van der Waals surface area contributed by atoms with Gasteiger partial charge in [0.05, 0.1) is 60.9 Å². The second-order valence-corrected chi connectivity index (χ2v) is 23.9. The van der Waals surface area contributed by atoms with Gasteiger partial charge in [0.2, 0.25) is 0 Å². The number of ether oxygens (including phenoxy) is 4. The number of esters is 3. The Morgan fingerprint density at radius 2 is 1.35 bits per heavy atom. The lowest BCUT2D eigenvalue weighted by molar-refractivity contribution is -0.334. The maximum Gasteiger partial charge on any atom is 0.317 e. The summed E-state index contributed by atoms with van der Waals surface area (Å²) in [5.74, 6) is -12.1. The van der Waals surface area contributed by atoms with E-state index in [0.29, 0.717) is 12.4 Å². The summed E-state index contributed by atoms with van der Waals surface area (Å²) in [6.07, 6.45) is -3.85. The van der Waals surface area contributed by atoms with Crippen molar-refractivity contribution in [2.75, 3.05) is 13.6 Å². The summed E-state index contributed by atoms with van der Waals surface area (Å²) in [4.78, 5) is 65.9. The fraction of sp³-hybridized carbons (Fsp3) is 0.770. The number of fused-ring (bicyclic) bond motifs is 2. The Kier molecular flexibility index (Phi) is 35.1. The molecule has 488 valence electrons. The molecule has 1 fully saturated rings. The summed E-state index contributed by atoms with van der Waals surface area (Å²) in [5.41, 5.74) is 5.68. The second-order valence-electron chi connectivity index (χ2n) is 23.9. The fourth-order valence-electron chi connectivity index (χ4n) is 10.6. The number of nitrogens with one attached hydrogen (secondary N) is 1. The largest absolute Gasteiger partial charge is 0.481 e. The molecule has 2 bridgehead atoms. The zero-order valence-electron chi connectivity index (χ0n) is 51.0. The number of carboxylic acids is 2. The van der Waals surface area contributed by atoms with E-state index >= 15 is 0 Å². The number of cyclic esters (lactones) is 1. The third-order valence-electron chi connectivity index (χ3n) is 16.1. The van der Waals surface area contributed by atoms with Gasteiger partial charge >= 0.3 is 29.8 Å². The van der Waals surface area contributed by atoms with Crippen LogP contribution in [-0.4, -0.2) is 196 Å². The van der Waals surface area contributed by atoms with E-state index in [1.54, 1.807) is 46.0 Å². The van der Waals surface area contributed by atoms with Gasteiger partial charge in [0, 0.05) is 69.9 Å². The van der Waals surface area contributed by atoms with Crippen molar-refractivity contribution in [3.05, 3.63) is 48.6 Å². The van der Waals surface area contributed by atoms with E-state index in [1.807, 2.05) is 13.8 Å². The van der Waals surface area contributed by atoms with Crippen LogP contribution in [-0.2, 0) is 42.9 Å². The molecule has 0 aromatic heterocycles. The summed E-state index contributed by atoms with van der Waals surface area (Å²) in [7, 11) is 1.62. The first-order valence-corrected chi connectivity index (χ1v) is 30.1. The zero-order chi connectivity index (χ0) is 64.1. The average molecular weight is 1210 g/mol. The highest BCUT2D eigenvalue weighted by atomic mass is 16.7. The first kappa shape index (κ1) is 76.2. The highest BCUT2D eigenvalue weighted by Crippen LogP contribution is 2.38. The van der Waals surface area contributed by atoms with Crippen LogP contribution >= 0.6 is 0 Å². The van der Waals surface area contributed by atoms with Gasteiger partial charge in [0.15, 0.2) is 11.7 Å². The second kappa shape index (κ2) is 39.1. The van der Waals surface area contributed by atoms with Crippen LogP contribution in [0.3, 0.4) is 0 Å². The Morgan fingerprint density at radius 1 is 0.741 bits per heavy atom. The Bertz CT molecular complexity index is 2160. The van der Waals surface area contributed by atoms with Crippen LogP contribution in [0, 0.1) is 41.4 Å². The SMILES string of the molecule is CN=C(N)NCCC/C=C/CCC[C@H](C)C[C@@H](C)[C@@H]1OC(=O)[C@@H](C)[C@@H](O)/C=C\[C@@H](C)[C@@H](O)C[C@H](O)[C@@H](C)[C@H](O)CC[C@H](C)[C@H](O)C[C@]2(O)O[C@@H](C[C@H](OC(=O)CC(=O)O)C[C@H](O)C[C@@H](O)C[C@H](O)/C=C\C=C/[C@H]1C)C[C@@H](OC(=O)CC(=O)O)[C@@H]2O. The van der Waals surface area contributed by atoms with Crippen LogP contribution in [0.5, 0.6) is 0 Å². The number of aliphatic hydroxyl groups is 10. The van der Waals surface area contributed by atoms with Crippen LogP contribution in [0.15, 0.2) is 53.6 Å². The van der Waals surface area contributed by atoms with Crippen molar-refractivity contribution in [3.8, 4) is 0 Å². The smallest absolute Gasteiger partial charge is 0.317 e. The van der Waals surface area contributed by atoms with Crippen LogP contribution in [0.25, 0.3) is 0 Å². The Morgan fingerprint density at radius 3 is 1.99 bits per heavy atom. The number of unbranched alkanes of at least 4 members (excludes halogenated alkanes) is 2. The predicted octanol–water partition coefficient (Wildman–Crippen LogP) is 3.08. The van der Waals surface area contributed by atoms with Gasteiger partial charge in [0.1, 0.15) is 37.3 Å². The molecule has 0 saturated carbocycles. The lowest BCUT2D eigenvalue weighted by Crippen LogP contribution is -2.60. The van der Waals surface area contributed by atoms with E-state index in [2.05, 4.69) is 29.4 Å². The predicted molar refractivity (Wildman–Crippen MR) is 314 cm³/mol. The highest BCUT2D eigenvalue weighted by molar-refractivity contribution is 5.90. The number of guanidine groups is 1. The van der Waals surface area contributed by atoms with Gasteiger partial charge in [0.25, 0.3) is 0 Å². The molecule has 15 N–H and O–H groups in total. The van der Waals surface area contributed by atoms with Gasteiger partial charge < -0.3 is 91.3 Å². The number of allylic oxidation sites excluding steroid dienone is 4. The molecule has 2 aliphatic heterocycles. The van der Waals surface area contributed by atoms with Gasteiger partial charge in [-0.15, -0.1) is 0 Å². The third kappa shape index (κ3) is 29.6. The molecule has 0 spiro atoms. The lowest BCUT2D eigenvalue weighted by atomic mass is 9.83. The molecule has 24 nitrogen and oxygen atoms in total. The van der Waals surface area contributed by atoms with Crippen molar-refractivity contribution >= 4 is 35.8 Å². The van der Waals surface area contributed by atoms with E-state index in [1.165, 1.54) is 25.2 Å². The minimum atomic E-state index is -2.74. The number of carbonyl (C=O) groups excluding carboxylic acids is 3. The van der Waals surface area contributed by atoms with E-state index in [-0.39, 0.29) is 43.4 Å². The van der Waals surface area contributed by atoms with Crippen LogP contribution in [0.4, 0.5) is 0 Å². The summed E-state index contributed by atoms with van der Waals surface area (Å²) in [6, 6.07) is 0. The topological polar surface area (TPSA) is 415 Å². The Labute approximate surface area is 500 Å². The van der Waals surface area contributed by atoms with Crippen molar-refractivity contribution in [3.63, 3.8) is 0 Å². The minimum Gasteiger partial charge on any atom is -0.481 e.